The van der Waals surface area contributed by atoms with Crippen molar-refractivity contribution >= 4 is 17.9 Å². The van der Waals surface area contributed by atoms with Crippen LogP contribution in [0.2, 0.25) is 0 Å². The van der Waals surface area contributed by atoms with E-state index in [0.717, 1.165) is 0 Å². The van der Waals surface area contributed by atoms with Crippen LogP contribution in [0.3, 0.4) is 0 Å². The van der Waals surface area contributed by atoms with Crippen LogP contribution in [0.4, 0.5) is 4.79 Å². The summed E-state index contributed by atoms with van der Waals surface area (Å²) in [6.45, 7) is 0.723. The number of hydrogen-bond donors (Lipinski definition) is 2. The van der Waals surface area contributed by atoms with Crippen LogP contribution in [0.25, 0.3) is 0 Å². The van der Waals surface area contributed by atoms with Gasteiger partial charge >= 0.3 is 12.0 Å². The molecular formula is C13H23N3O5. The molecular weight excluding hydrogens is 278 g/mol. The van der Waals surface area contributed by atoms with Crippen molar-refractivity contribution in [2.45, 2.75) is 12.8 Å². The van der Waals surface area contributed by atoms with E-state index in [2.05, 4.69) is 5.32 Å². The zero-order valence-electron chi connectivity index (χ0n) is 12.7. The molecule has 0 saturated carbocycles. The molecule has 0 aromatic carbocycles. The van der Waals surface area contributed by atoms with Gasteiger partial charge in [0.1, 0.15) is 6.54 Å². The quantitative estimate of drug-likeness (QED) is 0.719. The summed E-state index contributed by atoms with van der Waals surface area (Å²) in [7, 11) is 4.71. The number of ether oxygens (including phenoxy) is 1. The van der Waals surface area contributed by atoms with Crippen molar-refractivity contribution < 1.29 is 24.2 Å². The Hall–Kier alpha value is -1.83. The summed E-state index contributed by atoms with van der Waals surface area (Å²) in [5.74, 6) is -1.13. The molecule has 8 heteroatoms. The van der Waals surface area contributed by atoms with E-state index in [4.69, 9.17) is 4.74 Å². The lowest BCUT2D eigenvalue weighted by molar-refractivity contribution is -0.154. The van der Waals surface area contributed by atoms with Crippen LogP contribution >= 0.6 is 0 Å². The van der Waals surface area contributed by atoms with Crippen molar-refractivity contribution in [1.29, 1.82) is 0 Å². The molecule has 120 valence electrons. The maximum Gasteiger partial charge on any atom is 0.317 e. The Morgan fingerprint density at radius 3 is 2.24 bits per heavy atom. The average Bonchev–Trinajstić information content (AvgIpc) is 2.45. The summed E-state index contributed by atoms with van der Waals surface area (Å²) in [5.41, 5.74) is -0.986. The smallest absolute Gasteiger partial charge is 0.317 e. The van der Waals surface area contributed by atoms with Gasteiger partial charge in [-0.2, -0.15) is 0 Å². The Morgan fingerprint density at radius 1 is 1.19 bits per heavy atom. The second-order valence-corrected chi connectivity index (χ2v) is 5.50. The highest BCUT2D eigenvalue weighted by Crippen LogP contribution is 2.30. The van der Waals surface area contributed by atoms with Crippen molar-refractivity contribution in [3.05, 3.63) is 0 Å². The van der Waals surface area contributed by atoms with Crippen molar-refractivity contribution in [3.8, 4) is 0 Å². The number of carbonyl (C=O) groups is 3. The summed E-state index contributed by atoms with van der Waals surface area (Å²) >= 11 is 0. The summed E-state index contributed by atoms with van der Waals surface area (Å²) < 4.78 is 5.17. The number of carboxylic acids is 1. The van der Waals surface area contributed by atoms with Crippen LogP contribution in [0.1, 0.15) is 12.8 Å². The number of nitrogens with zero attached hydrogens (tertiary/aromatic N) is 2. The lowest BCUT2D eigenvalue weighted by Gasteiger charge is -2.33. The Labute approximate surface area is 124 Å². The standard InChI is InChI=1S/C13H23N3O5/c1-15(2)10(17)8-16(3)12(20)14-9-13(11(18)19)4-6-21-7-5-13/h4-9H2,1-3H3,(H,14,20)(H,18,19). The van der Waals surface area contributed by atoms with Crippen LogP contribution in [-0.4, -0.2) is 80.3 Å². The van der Waals surface area contributed by atoms with Gasteiger partial charge in [-0.25, -0.2) is 4.79 Å². The Morgan fingerprint density at radius 2 is 1.76 bits per heavy atom. The first kappa shape index (κ1) is 17.2. The molecule has 2 N–H and O–H groups in total. The summed E-state index contributed by atoms with van der Waals surface area (Å²) in [4.78, 5) is 37.5. The van der Waals surface area contributed by atoms with Crippen molar-refractivity contribution in [3.63, 3.8) is 0 Å². The molecule has 0 bridgehead atoms. The minimum atomic E-state index is -0.986. The fourth-order valence-electron chi connectivity index (χ4n) is 2.02. The normalized spacial score (nSPS) is 16.9. The highest BCUT2D eigenvalue weighted by molar-refractivity contribution is 5.84. The first-order valence-corrected chi connectivity index (χ1v) is 6.79. The molecule has 3 amide bonds. The van der Waals surface area contributed by atoms with Gasteiger partial charge < -0.3 is 25.0 Å². The van der Waals surface area contributed by atoms with Gasteiger partial charge in [0.05, 0.1) is 5.41 Å². The molecule has 0 atom stereocenters. The molecule has 0 spiro atoms. The third-order valence-corrected chi connectivity index (χ3v) is 3.70. The fraction of sp³-hybridized carbons (Fsp3) is 0.769. The largest absolute Gasteiger partial charge is 0.481 e. The van der Waals surface area contributed by atoms with Gasteiger partial charge in [-0.05, 0) is 12.8 Å². The van der Waals surface area contributed by atoms with Gasteiger partial charge in [-0.15, -0.1) is 0 Å². The first-order chi connectivity index (χ1) is 9.78. The monoisotopic (exact) mass is 301 g/mol. The number of nitrogens with one attached hydrogen (secondary N) is 1. The predicted molar refractivity (Wildman–Crippen MR) is 74.8 cm³/mol. The molecule has 1 saturated heterocycles. The maximum absolute atomic E-state index is 11.9. The number of carbonyl (C=O) groups excluding carboxylic acids is 2. The molecule has 1 rings (SSSR count). The zero-order valence-corrected chi connectivity index (χ0v) is 12.7. The van der Waals surface area contributed by atoms with E-state index in [-0.39, 0.29) is 19.0 Å². The van der Waals surface area contributed by atoms with Gasteiger partial charge in [0.15, 0.2) is 0 Å². The second kappa shape index (κ2) is 7.26. The molecule has 0 radical (unpaired) electrons. The zero-order chi connectivity index (χ0) is 16.0. The molecule has 1 aliphatic heterocycles. The fourth-order valence-corrected chi connectivity index (χ4v) is 2.02. The number of urea groups is 1. The van der Waals surface area contributed by atoms with Crippen LogP contribution in [0, 0.1) is 5.41 Å². The number of rotatable bonds is 5. The van der Waals surface area contributed by atoms with Crippen LogP contribution in [0.15, 0.2) is 0 Å². The average molecular weight is 301 g/mol. The first-order valence-electron chi connectivity index (χ1n) is 6.79. The van der Waals surface area contributed by atoms with Crippen molar-refractivity contribution in [1.82, 2.24) is 15.1 Å². The summed E-state index contributed by atoms with van der Waals surface area (Å²) in [6.07, 6.45) is 0.728. The molecule has 1 aliphatic rings. The van der Waals surface area contributed by atoms with Crippen molar-refractivity contribution in [2.75, 3.05) is 47.4 Å². The van der Waals surface area contributed by atoms with Crippen LogP contribution < -0.4 is 5.32 Å². The number of carboxylic acid groups (broad SMARTS) is 1. The lowest BCUT2D eigenvalue weighted by atomic mass is 9.80. The predicted octanol–water partition coefficient (Wildman–Crippen LogP) is -0.403. The molecule has 0 unspecified atom stereocenters. The third kappa shape index (κ3) is 4.59. The Kier molecular flexibility index (Phi) is 5.95. The highest BCUT2D eigenvalue weighted by Gasteiger charge is 2.40. The van der Waals surface area contributed by atoms with E-state index in [0.29, 0.717) is 26.1 Å². The lowest BCUT2D eigenvalue weighted by Crippen LogP contribution is -2.50. The highest BCUT2D eigenvalue weighted by atomic mass is 16.5. The molecule has 21 heavy (non-hydrogen) atoms. The topological polar surface area (TPSA) is 99.2 Å². The number of aliphatic carboxylic acids is 1. The third-order valence-electron chi connectivity index (χ3n) is 3.70. The van der Waals surface area contributed by atoms with Crippen LogP contribution in [-0.2, 0) is 14.3 Å². The van der Waals surface area contributed by atoms with Gasteiger partial charge in [0.2, 0.25) is 5.91 Å². The maximum atomic E-state index is 11.9. The molecule has 1 fully saturated rings. The molecule has 1 heterocycles. The Balaban J connectivity index is 2.53. The van der Waals surface area contributed by atoms with Gasteiger partial charge in [0.25, 0.3) is 0 Å². The van der Waals surface area contributed by atoms with Gasteiger partial charge in [0, 0.05) is 40.9 Å². The van der Waals surface area contributed by atoms with Gasteiger partial charge in [-0.1, -0.05) is 0 Å². The molecule has 8 nitrogen and oxygen atoms in total. The van der Waals surface area contributed by atoms with E-state index in [1.807, 2.05) is 0 Å². The van der Waals surface area contributed by atoms with Crippen molar-refractivity contribution in [2.24, 2.45) is 5.41 Å². The number of amides is 3. The van der Waals surface area contributed by atoms with Gasteiger partial charge in [-0.3, -0.25) is 9.59 Å². The van der Waals surface area contributed by atoms with Crippen LogP contribution in [0.5, 0.6) is 0 Å². The molecule has 0 aliphatic carbocycles. The van der Waals surface area contributed by atoms with E-state index in [9.17, 15) is 19.5 Å². The Bertz CT molecular complexity index is 405. The SMILES string of the molecule is CN(C)C(=O)CN(C)C(=O)NCC1(C(=O)O)CCOCC1. The molecule has 0 aromatic rings. The number of hydrogen-bond acceptors (Lipinski definition) is 4. The van der Waals surface area contributed by atoms with E-state index >= 15 is 0 Å². The van der Waals surface area contributed by atoms with E-state index < -0.39 is 17.4 Å². The van der Waals surface area contributed by atoms with E-state index in [1.54, 1.807) is 14.1 Å². The summed E-state index contributed by atoms with van der Waals surface area (Å²) in [5, 5.41) is 12.0. The van der Waals surface area contributed by atoms with E-state index in [1.165, 1.54) is 16.8 Å². The minimum absolute atomic E-state index is 0.0328. The number of likely N-dealkylation sites (N-methyl/N-ethyl adjacent to an activating group) is 2. The molecule has 0 aromatic heterocycles. The minimum Gasteiger partial charge on any atom is -0.481 e. The second-order valence-electron chi connectivity index (χ2n) is 5.50. The summed E-state index contributed by atoms with van der Waals surface area (Å²) in [6, 6.07) is -0.461.